The van der Waals surface area contributed by atoms with Crippen LogP contribution in [-0.4, -0.2) is 35.1 Å². The number of ether oxygens (including phenoxy) is 2. The van der Waals surface area contributed by atoms with Crippen molar-refractivity contribution in [1.82, 2.24) is 15.1 Å². The molecular formula is C22H26N4O4. The smallest absolute Gasteiger partial charge is 0.271 e. The molecule has 0 radical (unpaired) electrons. The molecule has 2 aromatic heterocycles. The summed E-state index contributed by atoms with van der Waals surface area (Å²) >= 11 is 0. The van der Waals surface area contributed by atoms with Gasteiger partial charge in [0.25, 0.3) is 5.91 Å². The summed E-state index contributed by atoms with van der Waals surface area (Å²) in [6, 6.07) is 8.84. The lowest BCUT2D eigenvalue weighted by atomic mass is 10.2. The summed E-state index contributed by atoms with van der Waals surface area (Å²) in [5.41, 5.74) is 5.76. The van der Waals surface area contributed by atoms with Crippen molar-refractivity contribution in [2.45, 2.75) is 40.7 Å². The SMILES string of the molecule is COc1cc(C(=O)N/N=C/c2cc(C)n(-c3cc(C)on3)c2C)ccc1OC(C)C. The van der Waals surface area contributed by atoms with Gasteiger partial charge in [-0.15, -0.1) is 0 Å². The third-order valence-corrected chi connectivity index (χ3v) is 4.47. The fourth-order valence-corrected chi connectivity index (χ4v) is 3.11. The number of aryl methyl sites for hydroxylation is 2. The van der Waals surface area contributed by atoms with Crippen molar-refractivity contribution in [3.8, 4) is 17.3 Å². The number of hydrogen-bond acceptors (Lipinski definition) is 6. The molecule has 0 aliphatic heterocycles. The Balaban J connectivity index is 1.73. The first-order valence-corrected chi connectivity index (χ1v) is 9.61. The van der Waals surface area contributed by atoms with Crippen molar-refractivity contribution in [1.29, 1.82) is 0 Å². The highest BCUT2D eigenvalue weighted by atomic mass is 16.5. The van der Waals surface area contributed by atoms with Gasteiger partial charge in [-0.2, -0.15) is 5.10 Å². The van der Waals surface area contributed by atoms with Crippen molar-refractivity contribution in [3.63, 3.8) is 0 Å². The number of carbonyl (C=O) groups is 1. The van der Waals surface area contributed by atoms with Gasteiger partial charge >= 0.3 is 0 Å². The maximum absolute atomic E-state index is 12.5. The van der Waals surface area contributed by atoms with Gasteiger partial charge in [0.2, 0.25) is 0 Å². The Kier molecular flexibility index (Phi) is 6.25. The summed E-state index contributed by atoms with van der Waals surface area (Å²) in [6.07, 6.45) is 1.61. The van der Waals surface area contributed by atoms with Gasteiger partial charge < -0.3 is 14.0 Å². The number of hydrogen-bond donors (Lipinski definition) is 1. The Labute approximate surface area is 175 Å². The zero-order chi connectivity index (χ0) is 21.8. The first-order valence-electron chi connectivity index (χ1n) is 9.61. The van der Waals surface area contributed by atoms with E-state index >= 15 is 0 Å². The van der Waals surface area contributed by atoms with E-state index in [1.807, 2.05) is 51.3 Å². The molecule has 8 heteroatoms. The predicted molar refractivity (Wildman–Crippen MR) is 114 cm³/mol. The van der Waals surface area contributed by atoms with Crippen LogP contribution in [0.25, 0.3) is 5.82 Å². The van der Waals surface area contributed by atoms with E-state index in [2.05, 4.69) is 15.7 Å². The molecule has 0 aliphatic carbocycles. The number of methoxy groups -OCH3 is 1. The molecule has 0 saturated carbocycles. The Morgan fingerprint density at radius 1 is 1.20 bits per heavy atom. The van der Waals surface area contributed by atoms with Crippen LogP contribution in [0.5, 0.6) is 11.5 Å². The van der Waals surface area contributed by atoms with E-state index in [0.717, 1.165) is 22.7 Å². The zero-order valence-corrected chi connectivity index (χ0v) is 18.0. The van der Waals surface area contributed by atoms with E-state index in [-0.39, 0.29) is 12.0 Å². The van der Waals surface area contributed by atoms with Gasteiger partial charge in [0.15, 0.2) is 17.3 Å². The third kappa shape index (κ3) is 4.53. The number of nitrogens with zero attached hydrogens (tertiary/aromatic N) is 3. The van der Waals surface area contributed by atoms with Crippen molar-refractivity contribution in [3.05, 3.63) is 58.6 Å². The molecule has 0 fully saturated rings. The van der Waals surface area contributed by atoms with Crippen LogP contribution < -0.4 is 14.9 Å². The standard InChI is InChI=1S/C22H26N4O4/c1-13(2)29-19-8-7-17(11-20(19)28-6)22(27)24-23-12-18-9-14(3)26(16(18)5)21-10-15(4)30-25-21/h7-13H,1-6H3,(H,24,27)/b23-12+. The Morgan fingerprint density at radius 3 is 2.60 bits per heavy atom. The molecule has 30 heavy (non-hydrogen) atoms. The predicted octanol–water partition coefficient (Wildman–Crippen LogP) is 3.95. The number of hydrazone groups is 1. The summed E-state index contributed by atoms with van der Waals surface area (Å²) in [4.78, 5) is 12.5. The molecule has 0 unspecified atom stereocenters. The van der Waals surface area contributed by atoms with E-state index in [0.29, 0.717) is 22.9 Å². The number of amides is 1. The lowest BCUT2D eigenvalue weighted by Gasteiger charge is -2.14. The highest BCUT2D eigenvalue weighted by Crippen LogP contribution is 2.29. The molecule has 0 bridgehead atoms. The Hall–Kier alpha value is -3.55. The lowest BCUT2D eigenvalue weighted by Crippen LogP contribution is -2.18. The van der Waals surface area contributed by atoms with Crippen LogP contribution in [0.4, 0.5) is 0 Å². The van der Waals surface area contributed by atoms with Gasteiger partial charge in [-0.3, -0.25) is 9.36 Å². The van der Waals surface area contributed by atoms with E-state index in [1.165, 1.54) is 7.11 Å². The minimum absolute atomic E-state index is 0.00310. The Bertz CT molecular complexity index is 1080. The van der Waals surface area contributed by atoms with Gasteiger partial charge in [0.05, 0.1) is 19.4 Å². The molecule has 0 saturated heterocycles. The molecule has 0 aliphatic rings. The molecule has 1 N–H and O–H groups in total. The minimum atomic E-state index is -0.346. The molecular weight excluding hydrogens is 384 g/mol. The summed E-state index contributed by atoms with van der Waals surface area (Å²) in [5, 5.41) is 8.17. The third-order valence-electron chi connectivity index (χ3n) is 4.47. The summed E-state index contributed by atoms with van der Waals surface area (Å²) < 4.78 is 18.1. The van der Waals surface area contributed by atoms with Crippen LogP contribution in [0.15, 0.2) is 40.0 Å². The zero-order valence-electron chi connectivity index (χ0n) is 18.0. The lowest BCUT2D eigenvalue weighted by molar-refractivity contribution is 0.0954. The second kappa shape index (κ2) is 8.86. The van der Waals surface area contributed by atoms with Crippen LogP contribution in [0.1, 0.15) is 46.9 Å². The second-order valence-electron chi connectivity index (χ2n) is 7.19. The molecule has 8 nitrogen and oxygen atoms in total. The first kappa shape index (κ1) is 21.2. The molecule has 0 spiro atoms. The van der Waals surface area contributed by atoms with Gasteiger partial charge in [-0.25, -0.2) is 5.43 Å². The van der Waals surface area contributed by atoms with Gasteiger partial charge in [0.1, 0.15) is 5.76 Å². The van der Waals surface area contributed by atoms with Crippen LogP contribution >= 0.6 is 0 Å². The van der Waals surface area contributed by atoms with Gasteiger partial charge in [-0.05, 0) is 58.9 Å². The van der Waals surface area contributed by atoms with Crippen LogP contribution in [0.2, 0.25) is 0 Å². The van der Waals surface area contributed by atoms with E-state index < -0.39 is 0 Å². The topological polar surface area (TPSA) is 90.9 Å². The molecule has 3 rings (SSSR count). The van der Waals surface area contributed by atoms with Crippen molar-refractivity contribution < 1.29 is 18.8 Å². The number of benzene rings is 1. The molecule has 1 amide bonds. The van der Waals surface area contributed by atoms with Crippen LogP contribution in [0, 0.1) is 20.8 Å². The summed E-state index contributed by atoms with van der Waals surface area (Å²) in [7, 11) is 1.54. The fourth-order valence-electron chi connectivity index (χ4n) is 3.11. The highest BCUT2D eigenvalue weighted by Gasteiger charge is 2.14. The normalized spacial score (nSPS) is 11.3. The quantitative estimate of drug-likeness (QED) is 0.470. The Morgan fingerprint density at radius 2 is 1.97 bits per heavy atom. The van der Waals surface area contributed by atoms with Crippen molar-refractivity contribution in [2.24, 2.45) is 5.10 Å². The summed E-state index contributed by atoms with van der Waals surface area (Å²) in [5.74, 6) is 2.18. The van der Waals surface area contributed by atoms with E-state index in [9.17, 15) is 4.79 Å². The highest BCUT2D eigenvalue weighted by molar-refractivity contribution is 5.95. The van der Waals surface area contributed by atoms with Crippen LogP contribution in [-0.2, 0) is 0 Å². The maximum atomic E-state index is 12.5. The average Bonchev–Trinajstić information content (AvgIpc) is 3.23. The fraction of sp³-hybridized carbons (Fsp3) is 0.318. The van der Waals surface area contributed by atoms with Gasteiger partial charge in [-0.1, -0.05) is 5.16 Å². The van der Waals surface area contributed by atoms with Gasteiger partial charge in [0, 0.05) is 28.6 Å². The van der Waals surface area contributed by atoms with E-state index in [4.69, 9.17) is 14.0 Å². The monoisotopic (exact) mass is 410 g/mol. The number of aromatic nitrogens is 2. The molecule has 2 heterocycles. The summed E-state index contributed by atoms with van der Waals surface area (Å²) in [6.45, 7) is 9.63. The number of carbonyl (C=O) groups excluding carboxylic acids is 1. The maximum Gasteiger partial charge on any atom is 0.271 e. The first-order chi connectivity index (χ1) is 14.3. The molecule has 158 valence electrons. The molecule has 0 atom stereocenters. The number of rotatable bonds is 7. The van der Waals surface area contributed by atoms with E-state index in [1.54, 1.807) is 24.4 Å². The second-order valence-corrected chi connectivity index (χ2v) is 7.19. The van der Waals surface area contributed by atoms with Crippen molar-refractivity contribution >= 4 is 12.1 Å². The minimum Gasteiger partial charge on any atom is -0.493 e. The van der Waals surface area contributed by atoms with Crippen LogP contribution in [0.3, 0.4) is 0 Å². The van der Waals surface area contributed by atoms with Crippen molar-refractivity contribution in [2.75, 3.05) is 7.11 Å². The molecule has 1 aromatic carbocycles. The number of nitrogens with one attached hydrogen (secondary N) is 1. The largest absolute Gasteiger partial charge is 0.493 e. The average molecular weight is 410 g/mol. The molecule has 3 aromatic rings.